The molecule has 2 rings (SSSR count). The predicted molar refractivity (Wildman–Crippen MR) is 133 cm³/mol. The largest absolute Gasteiger partial charge is 0.466 e. The van der Waals surface area contributed by atoms with Gasteiger partial charge in [-0.05, 0) is 59.9 Å². The number of nitrogens with one attached hydrogen (secondary N) is 2. The van der Waals surface area contributed by atoms with Crippen LogP contribution in [0.5, 0.6) is 0 Å². The van der Waals surface area contributed by atoms with E-state index in [0.717, 1.165) is 11.1 Å². The molecule has 0 spiro atoms. The van der Waals surface area contributed by atoms with E-state index in [4.69, 9.17) is 9.47 Å². The van der Waals surface area contributed by atoms with Crippen molar-refractivity contribution in [2.24, 2.45) is 0 Å². The molecule has 200 valence electrons. The maximum absolute atomic E-state index is 13.7. The number of aliphatic hydroxyl groups is 1. The van der Waals surface area contributed by atoms with Crippen LogP contribution < -0.4 is 10.6 Å². The number of aliphatic hydroxyl groups excluding tert-OH is 1. The van der Waals surface area contributed by atoms with Crippen LogP contribution in [-0.2, 0) is 23.9 Å². The van der Waals surface area contributed by atoms with Crippen molar-refractivity contribution in [2.75, 3.05) is 19.8 Å². The lowest BCUT2D eigenvalue weighted by molar-refractivity contribution is -0.145. The molecule has 10 nitrogen and oxygen atoms in total. The van der Waals surface area contributed by atoms with Crippen molar-refractivity contribution < 1.29 is 33.8 Å². The summed E-state index contributed by atoms with van der Waals surface area (Å²) in [6.45, 7) is 10.2. The fourth-order valence-corrected chi connectivity index (χ4v) is 3.91. The third-order valence-electron chi connectivity index (χ3n) is 5.39. The van der Waals surface area contributed by atoms with Gasteiger partial charge in [0.15, 0.2) is 0 Å². The number of benzene rings is 1. The van der Waals surface area contributed by atoms with E-state index in [-0.39, 0.29) is 25.6 Å². The second-order valence-electron chi connectivity index (χ2n) is 10.0. The lowest BCUT2D eigenvalue weighted by atomic mass is 9.98. The molecule has 1 saturated carbocycles. The molecule has 0 aliphatic heterocycles. The van der Waals surface area contributed by atoms with E-state index >= 15 is 0 Å². The average molecular weight is 506 g/mol. The fraction of sp³-hybridized carbons (Fsp3) is 0.615. The molecule has 10 heteroatoms. The zero-order chi connectivity index (χ0) is 27.0. The molecule has 0 bridgehead atoms. The van der Waals surface area contributed by atoms with Crippen LogP contribution in [0.4, 0.5) is 4.79 Å². The van der Waals surface area contributed by atoms with Crippen LogP contribution in [0.15, 0.2) is 18.2 Å². The number of esters is 1. The van der Waals surface area contributed by atoms with Gasteiger partial charge in [0.2, 0.25) is 11.8 Å². The SMILES string of the molecule is CCOC(=O)CCNC(=O)C(c1cc(C)cc(C)c1)N(C(=O)C(CO)NC(=O)OC(C)(C)C)C1CC1. The van der Waals surface area contributed by atoms with E-state index in [1.54, 1.807) is 27.7 Å². The van der Waals surface area contributed by atoms with Gasteiger partial charge in [0.1, 0.15) is 17.7 Å². The summed E-state index contributed by atoms with van der Waals surface area (Å²) in [5.74, 6) is -1.48. The minimum absolute atomic E-state index is 0.00398. The molecule has 1 aromatic carbocycles. The third kappa shape index (κ3) is 8.82. The van der Waals surface area contributed by atoms with Crippen molar-refractivity contribution >= 4 is 23.9 Å². The highest BCUT2D eigenvalue weighted by Crippen LogP contribution is 2.36. The molecule has 0 saturated heterocycles. The van der Waals surface area contributed by atoms with E-state index in [2.05, 4.69) is 10.6 Å². The standard InChI is InChI=1S/C26H39N3O7/c1-7-35-21(31)10-11-27-23(32)22(18-13-16(2)12-17(3)14-18)29(19-8-9-19)24(33)20(15-30)28-25(34)36-26(4,5)6/h12-14,19-20,22,30H,7-11,15H2,1-6H3,(H,27,32)(H,28,34). The first-order valence-corrected chi connectivity index (χ1v) is 12.3. The van der Waals surface area contributed by atoms with Gasteiger partial charge in [0, 0.05) is 12.6 Å². The van der Waals surface area contributed by atoms with Gasteiger partial charge in [0.25, 0.3) is 0 Å². The molecular weight excluding hydrogens is 466 g/mol. The molecule has 0 heterocycles. The zero-order valence-corrected chi connectivity index (χ0v) is 22.1. The number of nitrogens with zero attached hydrogens (tertiary/aromatic N) is 1. The van der Waals surface area contributed by atoms with Crippen molar-refractivity contribution in [1.29, 1.82) is 0 Å². The second kappa shape index (κ2) is 12.7. The van der Waals surface area contributed by atoms with E-state index in [1.165, 1.54) is 4.90 Å². The van der Waals surface area contributed by atoms with Gasteiger partial charge in [-0.1, -0.05) is 29.3 Å². The van der Waals surface area contributed by atoms with Crippen molar-refractivity contribution in [3.8, 4) is 0 Å². The molecule has 0 radical (unpaired) electrons. The van der Waals surface area contributed by atoms with Crippen LogP contribution in [0.2, 0.25) is 0 Å². The summed E-state index contributed by atoms with van der Waals surface area (Å²) in [6, 6.07) is 3.10. The highest BCUT2D eigenvalue weighted by atomic mass is 16.6. The molecule has 3 amide bonds. The van der Waals surface area contributed by atoms with Gasteiger partial charge in [-0.15, -0.1) is 0 Å². The third-order valence-corrected chi connectivity index (χ3v) is 5.39. The fourth-order valence-electron chi connectivity index (χ4n) is 3.91. The number of hydrogen-bond donors (Lipinski definition) is 3. The van der Waals surface area contributed by atoms with Crippen LogP contribution in [0, 0.1) is 13.8 Å². The molecular formula is C26H39N3O7. The molecule has 0 aromatic heterocycles. The van der Waals surface area contributed by atoms with Crippen molar-refractivity contribution in [3.63, 3.8) is 0 Å². The summed E-state index contributed by atoms with van der Waals surface area (Å²) in [6.07, 6.45) is 0.532. The lowest BCUT2D eigenvalue weighted by Gasteiger charge is -2.34. The Morgan fingerprint density at radius 1 is 1.11 bits per heavy atom. The summed E-state index contributed by atoms with van der Waals surface area (Å²) >= 11 is 0. The van der Waals surface area contributed by atoms with E-state index in [0.29, 0.717) is 18.4 Å². The predicted octanol–water partition coefficient (Wildman–Crippen LogP) is 2.29. The number of ether oxygens (including phenoxy) is 2. The first-order valence-electron chi connectivity index (χ1n) is 12.3. The summed E-state index contributed by atoms with van der Waals surface area (Å²) in [5.41, 5.74) is 1.66. The molecule has 2 atom stereocenters. The number of alkyl carbamates (subject to hydrolysis) is 1. The minimum atomic E-state index is -1.29. The quantitative estimate of drug-likeness (QED) is 0.393. The maximum atomic E-state index is 13.7. The summed E-state index contributed by atoms with van der Waals surface area (Å²) in [7, 11) is 0. The summed E-state index contributed by atoms with van der Waals surface area (Å²) in [4.78, 5) is 52.6. The van der Waals surface area contributed by atoms with Crippen molar-refractivity contribution in [3.05, 3.63) is 34.9 Å². The van der Waals surface area contributed by atoms with Crippen molar-refractivity contribution in [1.82, 2.24) is 15.5 Å². The average Bonchev–Trinajstić information content (AvgIpc) is 3.58. The smallest absolute Gasteiger partial charge is 0.408 e. The Hall–Kier alpha value is -3.14. The number of amides is 3. The highest BCUT2D eigenvalue weighted by Gasteiger charge is 2.44. The Kier molecular flexibility index (Phi) is 10.3. The van der Waals surface area contributed by atoms with Gasteiger partial charge in [-0.3, -0.25) is 14.4 Å². The number of carbonyl (C=O) groups excluding carboxylic acids is 4. The normalized spacial score (nSPS) is 14.9. The molecule has 2 unspecified atom stereocenters. The summed E-state index contributed by atoms with van der Waals surface area (Å²) < 4.78 is 10.2. The van der Waals surface area contributed by atoms with Crippen molar-refractivity contribution in [2.45, 2.75) is 84.5 Å². The van der Waals surface area contributed by atoms with Gasteiger partial charge >= 0.3 is 12.1 Å². The molecule has 3 N–H and O–H groups in total. The Bertz CT molecular complexity index is 933. The van der Waals surface area contributed by atoms with Crippen LogP contribution in [0.25, 0.3) is 0 Å². The topological polar surface area (TPSA) is 134 Å². The number of aryl methyl sites for hydroxylation is 2. The zero-order valence-electron chi connectivity index (χ0n) is 22.1. The second-order valence-corrected chi connectivity index (χ2v) is 10.0. The Morgan fingerprint density at radius 3 is 2.22 bits per heavy atom. The number of rotatable bonds is 11. The molecule has 1 fully saturated rings. The Morgan fingerprint density at radius 2 is 1.72 bits per heavy atom. The maximum Gasteiger partial charge on any atom is 0.408 e. The van der Waals surface area contributed by atoms with Crippen LogP contribution in [-0.4, -0.2) is 71.3 Å². The Labute approximate surface area is 212 Å². The van der Waals surface area contributed by atoms with Crippen LogP contribution in [0.3, 0.4) is 0 Å². The van der Waals surface area contributed by atoms with E-state index in [9.17, 15) is 24.3 Å². The molecule has 1 aliphatic rings. The molecule has 1 aliphatic carbocycles. The first-order chi connectivity index (χ1) is 16.9. The molecule has 1 aromatic rings. The number of hydrogen-bond acceptors (Lipinski definition) is 7. The number of carbonyl (C=O) groups is 4. The van der Waals surface area contributed by atoms with E-state index in [1.807, 2.05) is 32.0 Å². The molecule has 36 heavy (non-hydrogen) atoms. The van der Waals surface area contributed by atoms with Crippen LogP contribution >= 0.6 is 0 Å². The lowest BCUT2D eigenvalue weighted by Crippen LogP contribution is -2.55. The monoisotopic (exact) mass is 505 g/mol. The Balaban J connectivity index is 2.35. The van der Waals surface area contributed by atoms with Gasteiger partial charge in [-0.25, -0.2) is 4.79 Å². The summed E-state index contributed by atoms with van der Waals surface area (Å²) in [5, 5.41) is 15.1. The van der Waals surface area contributed by atoms with Crippen LogP contribution in [0.1, 0.15) is 69.7 Å². The van der Waals surface area contributed by atoms with Gasteiger partial charge in [-0.2, -0.15) is 0 Å². The van der Waals surface area contributed by atoms with Gasteiger partial charge in [0.05, 0.1) is 19.6 Å². The highest BCUT2D eigenvalue weighted by molar-refractivity contribution is 5.92. The van der Waals surface area contributed by atoms with E-state index < -0.39 is 48.2 Å². The van der Waals surface area contributed by atoms with Gasteiger partial charge < -0.3 is 30.1 Å². The first kappa shape index (κ1) is 29.1. The minimum Gasteiger partial charge on any atom is -0.466 e.